The molecule has 1 aromatic heterocycles. The van der Waals surface area contributed by atoms with Crippen LogP contribution in [0.3, 0.4) is 0 Å². The molecule has 0 bridgehead atoms. The summed E-state index contributed by atoms with van der Waals surface area (Å²) in [5.74, 6) is 1.61. The number of aryl methyl sites for hydroxylation is 1. The van der Waals surface area contributed by atoms with Crippen molar-refractivity contribution in [1.29, 1.82) is 0 Å². The number of ether oxygens (including phenoxy) is 2. The van der Waals surface area contributed by atoms with E-state index in [0.29, 0.717) is 37.1 Å². The van der Waals surface area contributed by atoms with Crippen LogP contribution in [-0.2, 0) is 16.0 Å². The summed E-state index contributed by atoms with van der Waals surface area (Å²) in [6.07, 6.45) is 1.94. The van der Waals surface area contributed by atoms with Gasteiger partial charge in [-0.15, -0.1) is 0 Å². The van der Waals surface area contributed by atoms with Gasteiger partial charge in [0.05, 0.1) is 13.1 Å². The number of anilines is 1. The van der Waals surface area contributed by atoms with Crippen molar-refractivity contribution in [3.8, 4) is 11.4 Å². The second kappa shape index (κ2) is 10.3. The molecule has 1 aromatic carbocycles. The van der Waals surface area contributed by atoms with Crippen LogP contribution in [0.2, 0.25) is 5.02 Å². The molecule has 4 rings (SSSR count). The summed E-state index contributed by atoms with van der Waals surface area (Å²) < 4.78 is 10.4. The van der Waals surface area contributed by atoms with Crippen LogP contribution in [0.1, 0.15) is 38.3 Å². The van der Waals surface area contributed by atoms with Gasteiger partial charge in [-0.3, -0.25) is 0 Å². The molecule has 2 amide bonds. The van der Waals surface area contributed by atoms with Gasteiger partial charge in [0.15, 0.2) is 5.82 Å². The van der Waals surface area contributed by atoms with Crippen LogP contribution in [0, 0.1) is 12.8 Å². The maximum atomic E-state index is 12.1. The van der Waals surface area contributed by atoms with Gasteiger partial charge in [0, 0.05) is 42.0 Å². The Hall–Kier alpha value is -3.07. The van der Waals surface area contributed by atoms with Crippen molar-refractivity contribution >= 4 is 29.6 Å². The van der Waals surface area contributed by atoms with E-state index in [4.69, 9.17) is 26.1 Å². The third kappa shape index (κ3) is 6.33. The zero-order chi connectivity index (χ0) is 25.2. The Balaban J connectivity index is 1.53. The molecule has 3 heterocycles. The first-order chi connectivity index (χ1) is 16.6. The number of nitrogens with zero attached hydrogens (tertiary/aromatic N) is 4. The van der Waals surface area contributed by atoms with Crippen LogP contribution < -0.4 is 10.2 Å². The van der Waals surface area contributed by atoms with Crippen molar-refractivity contribution in [3.05, 3.63) is 40.5 Å². The molecule has 1 unspecified atom stereocenters. The maximum Gasteiger partial charge on any atom is 0.410 e. The minimum absolute atomic E-state index is 0.249. The molecule has 0 spiro atoms. The highest BCUT2D eigenvalue weighted by Crippen LogP contribution is 2.30. The molecule has 0 radical (unpaired) electrons. The molecule has 1 atom stereocenters. The number of hydrogen-bond donors (Lipinski definition) is 1. The number of rotatable bonds is 6. The Morgan fingerprint density at radius 2 is 2.11 bits per heavy atom. The number of benzene rings is 1. The first-order valence-corrected chi connectivity index (χ1v) is 12.2. The molecule has 2 aliphatic rings. The minimum Gasteiger partial charge on any atom is -0.448 e. The standard InChI is InChI=1S/C25H32ClN5O4/c1-16-5-6-18(11-20(16)26)21-27-13-19(15-31-9-10-34-24(31)33)22(29-21)30-8-7-17(14-30)12-28-23(32)35-25(2,3)4/h5-6,11,13,17H,7-10,12,14-15H2,1-4H3,(H,28,32). The fraction of sp³-hybridized carbons (Fsp3) is 0.520. The van der Waals surface area contributed by atoms with E-state index < -0.39 is 11.7 Å². The van der Waals surface area contributed by atoms with E-state index in [-0.39, 0.29) is 12.0 Å². The Bertz CT molecular complexity index is 1100. The van der Waals surface area contributed by atoms with Gasteiger partial charge in [-0.05, 0) is 51.7 Å². The number of alkyl carbamates (subject to hydrolysis) is 1. The lowest BCUT2D eigenvalue weighted by atomic mass is 10.1. The van der Waals surface area contributed by atoms with Gasteiger partial charge >= 0.3 is 12.2 Å². The molecule has 2 aromatic rings. The SMILES string of the molecule is Cc1ccc(-c2ncc(CN3CCOC3=O)c(N3CCC(CNC(=O)OC(C)(C)C)C3)n2)cc1Cl. The van der Waals surface area contributed by atoms with Crippen molar-refractivity contribution < 1.29 is 19.1 Å². The van der Waals surface area contributed by atoms with Crippen LogP contribution in [0.5, 0.6) is 0 Å². The smallest absolute Gasteiger partial charge is 0.410 e. The Morgan fingerprint density at radius 1 is 1.31 bits per heavy atom. The summed E-state index contributed by atoms with van der Waals surface area (Å²) in [5, 5.41) is 3.53. The van der Waals surface area contributed by atoms with Gasteiger partial charge in [0.1, 0.15) is 18.0 Å². The molecule has 9 nitrogen and oxygen atoms in total. The Kier molecular flexibility index (Phi) is 7.35. The van der Waals surface area contributed by atoms with E-state index in [0.717, 1.165) is 42.0 Å². The Labute approximate surface area is 210 Å². The quantitative estimate of drug-likeness (QED) is 0.626. The average Bonchev–Trinajstić information content (AvgIpc) is 3.42. The monoisotopic (exact) mass is 501 g/mol. The van der Waals surface area contributed by atoms with Crippen LogP contribution in [0.15, 0.2) is 24.4 Å². The number of nitrogens with one attached hydrogen (secondary N) is 1. The molecular weight excluding hydrogens is 470 g/mol. The summed E-state index contributed by atoms with van der Waals surface area (Å²) in [4.78, 5) is 37.5. The molecule has 0 saturated carbocycles. The molecule has 1 N–H and O–H groups in total. The van der Waals surface area contributed by atoms with Gasteiger partial charge in [-0.1, -0.05) is 23.7 Å². The van der Waals surface area contributed by atoms with E-state index in [2.05, 4.69) is 15.2 Å². The number of carbonyl (C=O) groups is 2. The largest absolute Gasteiger partial charge is 0.448 e. The van der Waals surface area contributed by atoms with Crippen molar-refractivity contribution in [3.63, 3.8) is 0 Å². The lowest BCUT2D eigenvalue weighted by Gasteiger charge is -2.23. The first kappa shape index (κ1) is 25.0. The summed E-state index contributed by atoms with van der Waals surface area (Å²) >= 11 is 6.34. The van der Waals surface area contributed by atoms with Gasteiger partial charge in [-0.2, -0.15) is 0 Å². The van der Waals surface area contributed by atoms with Crippen LogP contribution in [-0.4, -0.2) is 65.4 Å². The van der Waals surface area contributed by atoms with E-state index >= 15 is 0 Å². The molecule has 188 valence electrons. The van der Waals surface area contributed by atoms with Crippen LogP contribution in [0.4, 0.5) is 15.4 Å². The van der Waals surface area contributed by atoms with E-state index in [1.807, 2.05) is 45.9 Å². The molecule has 2 aliphatic heterocycles. The summed E-state index contributed by atoms with van der Waals surface area (Å²) in [5.41, 5.74) is 2.13. The fourth-order valence-corrected chi connectivity index (χ4v) is 4.34. The van der Waals surface area contributed by atoms with Crippen molar-refractivity contribution in [1.82, 2.24) is 20.2 Å². The molecule has 10 heteroatoms. The van der Waals surface area contributed by atoms with Crippen molar-refractivity contribution in [2.24, 2.45) is 5.92 Å². The predicted molar refractivity (Wildman–Crippen MR) is 134 cm³/mol. The van der Waals surface area contributed by atoms with Gasteiger partial charge in [-0.25, -0.2) is 19.6 Å². The summed E-state index contributed by atoms with van der Waals surface area (Å²) in [7, 11) is 0. The third-order valence-corrected chi connectivity index (χ3v) is 6.40. The number of cyclic esters (lactones) is 1. The maximum absolute atomic E-state index is 12.1. The van der Waals surface area contributed by atoms with Gasteiger partial charge in [0.25, 0.3) is 0 Å². The third-order valence-electron chi connectivity index (χ3n) is 6.00. The number of aromatic nitrogens is 2. The molecule has 2 fully saturated rings. The summed E-state index contributed by atoms with van der Waals surface area (Å²) in [6.45, 7) is 10.8. The van der Waals surface area contributed by atoms with E-state index in [1.54, 1.807) is 11.1 Å². The average molecular weight is 502 g/mol. The van der Waals surface area contributed by atoms with Gasteiger partial charge in [0.2, 0.25) is 0 Å². The predicted octanol–water partition coefficient (Wildman–Crippen LogP) is 4.41. The molecule has 2 saturated heterocycles. The number of amides is 2. The van der Waals surface area contributed by atoms with E-state index in [9.17, 15) is 9.59 Å². The lowest BCUT2D eigenvalue weighted by molar-refractivity contribution is 0.0520. The summed E-state index contributed by atoms with van der Waals surface area (Å²) in [6, 6.07) is 5.77. The lowest BCUT2D eigenvalue weighted by Crippen LogP contribution is -2.36. The minimum atomic E-state index is -0.534. The molecule has 0 aliphatic carbocycles. The number of carbonyl (C=O) groups excluding carboxylic acids is 2. The second-order valence-electron chi connectivity index (χ2n) is 10.0. The first-order valence-electron chi connectivity index (χ1n) is 11.8. The van der Waals surface area contributed by atoms with E-state index in [1.165, 1.54) is 0 Å². The normalized spacial score (nSPS) is 18.1. The highest BCUT2D eigenvalue weighted by atomic mass is 35.5. The van der Waals surface area contributed by atoms with Gasteiger partial charge < -0.3 is 24.6 Å². The Morgan fingerprint density at radius 3 is 2.80 bits per heavy atom. The van der Waals surface area contributed by atoms with Crippen molar-refractivity contribution in [2.45, 2.75) is 46.3 Å². The highest BCUT2D eigenvalue weighted by Gasteiger charge is 2.29. The fourth-order valence-electron chi connectivity index (χ4n) is 4.16. The molecular formula is C25H32ClN5O4. The van der Waals surface area contributed by atoms with Crippen LogP contribution >= 0.6 is 11.6 Å². The number of hydrogen-bond acceptors (Lipinski definition) is 7. The highest BCUT2D eigenvalue weighted by molar-refractivity contribution is 6.31. The zero-order valence-corrected chi connectivity index (χ0v) is 21.4. The van der Waals surface area contributed by atoms with Crippen molar-refractivity contribution in [2.75, 3.05) is 37.7 Å². The molecule has 35 heavy (non-hydrogen) atoms. The number of halogens is 1. The van der Waals surface area contributed by atoms with Crippen LogP contribution in [0.25, 0.3) is 11.4 Å². The zero-order valence-electron chi connectivity index (χ0n) is 20.6. The second-order valence-corrected chi connectivity index (χ2v) is 10.4. The topological polar surface area (TPSA) is 96.9 Å².